The van der Waals surface area contributed by atoms with E-state index in [2.05, 4.69) is 6.58 Å². The van der Waals surface area contributed by atoms with Gasteiger partial charge in [-0.05, 0) is 50.5 Å². The number of anilines is 1. The second-order valence-electron chi connectivity index (χ2n) is 8.63. The molecule has 0 aliphatic carbocycles. The molecule has 3 heterocycles. The Balaban J connectivity index is 1.75. The average molecular weight is 477 g/mol. The molecule has 1 N–H and O–H groups in total. The molecule has 1 aromatic rings. The van der Waals surface area contributed by atoms with Crippen molar-refractivity contribution in [3.05, 3.63) is 41.9 Å². The third kappa shape index (κ3) is 3.84. The standard InChI is InChI=1S/C24H29ClN2O6/c1-3-12-26(16-8-6-15(25)7-9-16)22(30)20-24-11-10-17(33-24)18(23(31)32-4-2)19(24)21(29)27(20)13-5-14-28/h3,6-9,17-20,28H,1,4-5,10-14H2,2H3/t17-,18+,19+,20-,24+/m1/s1. The van der Waals surface area contributed by atoms with E-state index >= 15 is 0 Å². The quantitative estimate of drug-likeness (QED) is 0.433. The summed E-state index contributed by atoms with van der Waals surface area (Å²) in [5.41, 5.74) is -0.481. The van der Waals surface area contributed by atoms with E-state index in [9.17, 15) is 19.5 Å². The van der Waals surface area contributed by atoms with E-state index in [1.807, 2.05) is 0 Å². The molecule has 3 aliphatic rings. The third-order valence-corrected chi connectivity index (χ3v) is 7.12. The van der Waals surface area contributed by atoms with Crippen LogP contribution in [0.4, 0.5) is 5.69 Å². The van der Waals surface area contributed by atoms with Gasteiger partial charge in [-0.25, -0.2) is 0 Å². The van der Waals surface area contributed by atoms with Crippen molar-refractivity contribution in [2.24, 2.45) is 11.8 Å². The van der Waals surface area contributed by atoms with E-state index in [4.69, 9.17) is 21.1 Å². The fourth-order valence-corrected chi connectivity index (χ4v) is 5.77. The molecule has 0 radical (unpaired) electrons. The summed E-state index contributed by atoms with van der Waals surface area (Å²) in [6, 6.07) is 5.95. The van der Waals surface area contributed by atoms with E-state index in [1.165, 1.54) is 4.90 Å². The summed E-state index contributed by atoms with van der Waals surface area (Å²) < 4.78 is 11.6. The number of rotatable bonds is 9. The van der Waals surface area contributed by atoms with Gasteiger partial charge in [-0.1, -0.05) is 17.7 Å². The largest absolute Gasteiger partial charge is 0.466 e. The van der Waals surface area contributed by atoms with Crippen molar-refractivity contribution in [3.8, 4) is 0 Å². The number of likely N-dealkylation sites (tertiary alicyclic amines) is 1. The zero-order chi connectivity index (χ0) is 23.8. The molecule has 178 valence electrons. The number of hydrogen-bond acceptors (Lipinski definition) is 6. The number of esters is 1. The summed E-state index contributed by atoms with van der Waals surface area (Å²) in [4.78, 5) is 43.5. The number of benzene rings is 1. The lowest BCUT2D eigenvalue weighted by atomic mass is 9.70. The van der Waals surface area contributed by atoms with Gasteiger partial charge in [0.15, 0.2) is 0 Å². The number of fused-ring (bicyclic) bond motifs is 1. The number of aliphatic hydroxyl groups excluding tert-OH is 1. The zero-order valence-electron chi connectivity index (χ0n) is 18.6. The highest BCUT2D eigenvalue weighted by Gasteiger charge is 2.75. The first-order valence-electron chi connectivity index (χ1n) is 11.3. The molecule has 9 heteroatoms. The Kier molecular flexibility index (Phi) is 6.79. The van der Waals surface area contributed by atoms with Crippen molar-refractivity contribution in [2.45, 2.75) is 43.9 Å². The Hall–Kier alpha value is -2.42. The molecule has 0 unspecified atom stereocenters. The summed E-state index contributed by atoms with van der Waals surface area (Å²) in [6.45, 7) is 6.00. The first-order valence-corrected chi connectivity index (χ1v) is 11.7. The number of carbonyl (C=O) groups excluding carboxylic acids is 3. The van der Waals surface area contributed by atoms with Crippen molar-refractivity contribution < 1.29 is 29.0 Å². The van der Waals surface area contributed by atoms with Gasteiger partial charge < -0.3 is 24.4 Å². The van der Waals surface area contributed by atoms with Crippen LogP contribution in [0, 0.1) is 11.8 Å². The van der Waals surface area contributed by atoms with E-state index in [0.717, 1.165) is 0 Å². The Bertz CT molecular complexity index is 937. The van der Waals surface area contributed by atoms with Gasteiger partial charge in [-0.2, -0.15) is 0 Å². The maximum atomic E-state index is 14.1. The van der Waals surface area contributed by atoms with E-state index < -0.39 is 35.6 Å². The molecule has 0 saturated carbocycles. The molecule has 5 atom stereocenters. The predicted molar refractivity (Wildman–Crippen MR) is 122 cm³/mol. The summed E-state index contributed by atoms with van der Waals surface area (Å²) in [5.74, 6) is -2.58. The van der Waals surface area contributed by atoms with Crippen LogP contribution in [-0.2, 0) is 23.9 Å². The molecule has 8 nitrogen and oxygen atoms in total. The number of amides is 2. The van der Waals surface area contributed by atoms with Crippen molar-refractivity contribution in [2.75, 3.05) is 31.2 Å². The van der Waals surface area contributed by atoms with Crippen LogP contribution in [-0.4, -0.2) is 71.8 Å². The minimum absolute atomic E-state index is 0.124. The number of carbonyl (C=O) groups is 3. The second-order valence-corrected chi connectivity index (χ2v) is 9.07. The lowest BCUT2D eigenvalue weighted by Gasteiger charge is -2.36. The molecule has 33 heavy (non-hydrogen) atoms. The molecule has 3 aliphatic heterocycles. The Morgan fingerprint density at radius 3 is 2.76 bits per heavy atom. The van der Waals surface area contributed by atoms with Crippen molar-refractivity contribution >= 4 is 35.1 Å². The number of nitrogens with zero attached hydrogens (tertiary/aromatic N) is 2. The number of aliphatic hydroxyl groups is 1. The summed E-state index contributed by atoms with van der Waals surface area (Å²) in [7, 11) is 0. The molecule has 1 aromatic carbocycles. The van der Waals surface area contributed by atoms with E-state index in [0.29, 0.717) is 30.0 Å². The maximum absolute atomic E-state index is 14.1. The van der Waals surface area contributed by atoms with Crippen LogP contribution in [0.2, 0.25) is 5.02 Å². The van der Waals surface area contributed by atoms with Gasteiger partial charge in [0.2, 0.25) is 5.91 Å². The summed E-state index contributed by atoms with van der Waals surface area (Å²) in [5, 5.41) is 9.95. The Morgan fingerprint density at radius 1 is 1.39 bits per heavy atom. The van der Waals surface area contributed by atoms with Gasteiger partial charge in [0.05, 0.1) is 24.5 Å². The molecule has 1 spiro atoms. The summed E-state index contributed by atoms with van der Waals surface area (Å²) >= 11 is 6.03. The first-order chi connectivity index (χ1) is 15.9. The zero-order valence-corrected chi connectivity index (χ0v) is 19.4. The molecule has 2 bridgehead atoms. The smallest absolute Gasteiger partial charge is 0.312 e. The number of ether oxygens (including phenoxy) is 2. The maximum Gasteiger partial charge on any atom is 0.312 e. The van der Waals surface area contributed by atoms with Gasteiger partial charge in [0, 0.05) is 30.4 Å². The lowest BCUT2D eigenvalue weighted by molar-refractivity contribution is -0.154. The minimum Gasteiger partial charge on any atom is -0.466 e. The number of halogens is 1. The molecule has 3 fully saturated rings. The van der Waals surface area contributed by atoms with Gasteiger partial charge >= 0.3 is 5.97 Å². The molecule has 2 amide bonds. The first kappa shape index (κ1) is 23.7. The van der Waals surface area contributed by atoms with Crippen molar-refractivity contribution in [1.29, 1.82) is 0 Å². The van der Waals surface area contributed by atoms with Crippen LogP contribution in [0.3, 0.4) is 0 Å². The highest BCUT2D eigenvalue weighted by atomic mass is 35.5. The second kappa shape index (κ2) is 9.44. The molecule has 4 rings (SSSR count). The van der Waals surface area contributed by atoms with Crippen LogP contribution < -0.4 is 4.90 Å². The third-order valence-electron chi connectivity index (χ3n) is 6.87. The fraction of sp³-hybridized carbons (Fsp3) is 0.542. The van der Waals surface area contributed by atoms with Crippen LogP contribution in [0.25, 0.3) is 0 Å². The molecular weight excluding hydrogens is 448 g/mol. The SMILES string of the molecule is C=CCN(C(=O)[C@H]1N(CCCO)C(=O)[C@@H]2[C@@H](C(=O)OCC)[C@H]3CC[C@]21O3)c1ccc(Cl)cc1. The highest BCUT2D eigenvalue weighted by Crippen LogP contribution is 2.58. The van der Waals surface area contributed by atoms with Crippen LogP contribution in [0.15, 0.2) is 36.9 Å². The molecular formula is C24H29ClN2O6. The van der Waals surface area contributed by atoms with Crippen LogP contribution >= 0.6 is 11.6 Å². The Morgan fingerprint density at radius 2 is 2.12 bits per heavy atom. The minimum atomic E-state index is -1.10. The Labute approximate surface area is 198 Å². The monoisotopic (exact) mass is 476 g/mol. The fourth-order valence-electron chi connectivity index (χ4n) is 5.64. The van der Waals surface area contributed by atoms with Gasteiger partial charge in [-0.15, -0.1) is 6.58 Å². The van der Waals surface area contributed by atoms with Gasteiger partial charge in [0.1, 0.15) is 11.6 Å². The lowest BCUT2D eigenvalue weighted by Crippen LogP contribution is -2.56. The van der Waals surface area contributed by atoms with Gasteiger partial charge in [-0.3, -0.25) is 14.4 Å². The van der Waals surface area contributed by atoms with Crippen LogP contribution in [0.1, 0.15) is 26.2 Å². The van der Waals surface area contributed by atoms with E-state index in [-0.39, 0.29) is 38.1 Å². The average Bonchev–Trinajstić information content (AvgIpc) is 3.44. The van der Waals surface area contributed by atoms with E-state index in [1.54, 1.807) is 42.2 Å². The summed E-state index contributed by atoms with van der Waals surface area (Å²) in [6.07, 6.45) is 2.56. The molecule has 3 saturated heterocycles. The molecule has 0 aromatic heterocycles. The predicted octanol–water partition coefficient (Wildman–Crippen LogP) is 2.18. The van der Waals surface area contributed by atoms with Gasteiger partial charge in [0.25, 0.3) is 5.91 Å². The highest BCUT2D eigenvalue weighted by molar-refractivity contribution is 6.30. The normalized spacial score (nSPS) is 29.8. The van der Waals surface area contributed by atoms with Crippen molar-refractivity contribution in [3.63, 3.8) is 0 Å². The topological polar surface area (TPSA) is 96.4 Å². The van der Waals surface area contributed by atoms with Crippen molar-refractivity contribution in [1.82, 2.24) is 4.90 Å². The number of hydrogen-bond donors (Lipinski definition) is 1. The van der Waals surface area contributed by atoms with Crippen LogP contribution in [0.5, 0.6) is 0 Å².